The van der Waals surface area contributed by atoms with E-state index in [9.17, 15) is 9.67 Å². The first-order valence-electron chi connectivity index (χ1n) is 8.11. The van der Waals surface area contributed by atoms with E-state index in [2.05, 4.69) is 13.8 Å². The van der Waals surface area contributed by atoms with Gasteiger partial charge in [-0.2, -0.15) is 0 Å². The lowest BCUT2D eigenvalue weighted by atomic mass is 9.78. The van der Waals surface area contributed by atoms with E-state index < -0.39 is 12.4 Å². The van der Waals surface area contributed by atoms with Crippen molar-refractivity contribution in [3.63, 3.8) is 0 Å². The Labute approximate surface area is 145 Å². The van der Waals surface area contributed by atoms with Crippen molar-refractivity contribution in [1.29, 1.82) is 0 Å². The first-order valence-corrected chi connectivity index (χ1v) is 10.2. The van der Waals surface area contributed by atoms with Crippen molar-refractivity contribution in [3.8, 4) is 11.5 Å². The summed E-state index contributed by atoms with van der Waals surface area (Å²) in [7, 11) is -0.819. The molecule has 3 nitrogen and oxygen atoms in total. The molecule has 0 aliphatic carbocycles. The van der Waals surface area contributed by atoms with Gasteiger partial charge >= 0.3 is 0 Å². The molecule has 0 fully saturated rings. The fraction of sp³-hybridized carbons (Fsp3) is 0.368. The van der Waals surface area contributed by atoms with Crippen LogP contribution in [0.1, 0.15) is 38.8 Å². The molecule has 1 N–H and O–H groups in total. The molecular weight excluding hydrogens is 318 g/mol. The predicted molar refractivity (Wildman–Crippen MR) is 103 cm³/mol. The van der Waals surface area contributed by atoms with Crippen molar-refractivity contribution in [2.45, 2.75) is 38.2 Å². The van der Waals surface area contributed by atoms with Crippen LogP contribution >= 0.6 is 7.37 Å². The van der Waals surface area contributed by atoms with E-state index >= 15 is 0 Å². The number of benzene rings is 2. The molecule has 0 aliphatic heterocycles. The minimum absolute atomic E-state index is 0.202. The van der Waals surface area contributed by atoms with Gasteiger partial charge in [0.15, 0.2) is 0 Å². The standard InChI is InChI=1S/C19H26BO3P/c1-18(2,14-6-10-16(21)11-7-14)15-8-12-17(13-9-15)23-24(5,22)19(3,4)20/h6-13,21H,20H2,1-5H3. The normalized spacial score (nSPS) is 14.9. The molecule has 0 saturated carbocycles. The first-order chi connectivity index (χ1) is 10.9. The maximum atomic E-state index is 12.7. The van der Waals surface area contributed by atoms with E-state index in [1.54, 1.807) is 18.8 Å². The smallest absolute Gasteiger partial charge is 0.242 e. The van der Waals surface area contributed by atoms with Gasteiger partial charge in [0, 0.05) is 17.1 Å². The maximum Gasteiger partial charge on any atom is 0.242 e. The quantitative estimate of drug-likeness (QED) is 0.647. The molecule has 24 heavy (non-hydrogen) atoms. The Balaban J connectivity index is 2.26. The van der Waals surface area contributed by atoms with Gasteiger partial charge in [-0.3, -0.25) is 4.57 Å². The van der Waals surface area contributed by atoms with Crippen LogP contribution in [0.4, 0.5) is 0 Å². The summed E-state index contributed by atoms with van der Waals surface area (Å²) in [5, 5.41) is 9.07. The molecule has 0 radical (unpaired) electrons. The lowest BCUT2D eigenvalue weighted by Gasteiger charge is -2.29. The Kier molecular flexibility index (Phi) is 4.92. The van der Waals surface area contributed by atoms with Crippen molar-refractivity contribution < 1.29 is 14.2 Å². The van der Waals surface area contributed by atoms with Crippen LogP contribution in [0.15, 0.2) is 48.5 Å². The molecule has 5 heteroatoms. The number of phenols is 1. The molecule has 0 aromatic heterocycles. The topological polar surface area (TPSA) is 46.5 Å². The summed E-state index contributed by atoms with van der Waals surface area (Å²) in [4.78, 5) is 0. The summed E-state index contributed by atoms with van der Waals surface area (Å²) in [6.07, 6.45) is 0. The Hall–Kier alpha value is -1.67. The fourth-order valence-corrected chi connectivity index (χ4v) is 3.11. The molecule has 128 valence electrons. The predicted octanol–water partition coefficient (Wildman–Crippen LogP) is 4.37. The fourth-order valence-electron chi connectivity index (χ4n) is 2.32. The van der Waals surface area contributed by atoms with Crippen molar-refractivity contribution in [1.82, 2.24) is 0 Å². The number of hydrogen-bond donors (Lipinski definition) is 1. The highest BCUT2D eigenvalue weighted by Crippen LogP contribution is 2.53. The summed E-state index contributed by atoms with van der Waals surface area (Å²) >= 11 is 0. The minimum atomic E-state index is -2.75. The molecule has 0 heterocycles. The average Bonchev–Trinajstić information content (AvgIpc) is 2.46. The van der Waals surface area contributed by atoms with E-state index in [1.165, 1.54) is 0 Å². The monoisotopic (exact) mass is 344 g/mol. The summed E-state index contributed by atoms with van der Waals surface area (Å²) in [5.41, 5.74) is 2.04. The molecule has 0 amide bonds. The highest BCUT2D eigenvalue weighted by molar-refractivity contribution is 7.61. The van der Waals surface area contributed by atoms with Crippen LogP contribution < -0.4 is 4.52 Å². The van der Waals surface area contributed by atoms with Crippen LogP contribution in [-0.2, 0) is 9.98 Å². The zero-order valence-corrected chi connectivity index (χ0v) is 16.2. The lowest BCUT2D eigenvalue weighted by molar-refractivity contribution is 0.472. The van der Waals surface area contributed by atoms with Gasteiger partial charge in [0.05, 0.1) is 0 Å². The third kappa shape index (κ3) is 3.87. The van der Waals surface area contributed by atoms with Crippen molar-refractivity contribution in [3.05, 3.63) is 59.7 Å². The van der Waals surface area contributed by atoms with E-state index in [0.717, 1.165) is 11.1 Å². The van der Waals surface area contributed by atoms with Crippen LogP contribution in [-0.4, -0.2) is 24.7 Å². The van der Waals surface area contributed by atoms with Gasteiger partial charge in [-0.15, -0.1) is 0 Å². The van der Waals surface area contributed by atoms with Crippen molar-refractivity contribution in [2.24, 2.45) is 0 Å². The minimum Gasteiger partial charge on any atom is -0.508 e. The second-order valence-electron chi connectivity index (χ2n) is 7.80. The molecule has 0 spiro atoms. The molecule has 1 unspecified atom stereocenters. The van der Waals surface area contributed by atoms with Crippen LogP contribution in [0.25, 0.3) is 0 Å². The SMILES string of the molecule is BC(C)(C)P(C)(=O)Oc1ccc(C(C)(C)c2ccc(O)cc2)cc1. The number of rotatable bonds is 5. The Morgan fingerprint density at radius 2 is 1.33 bits per heavy atom. The number of phenolic OH excluding ortho intramolecular Hbond substituents is 1. The molecule has 0 aliphatic rings. The largest absolute Gasteiger partial charge is 0.508 e. The second kappa shape index (κ2) is 6.33. The zero-order valence-electron chi connectivity index (χ0n) is 15.3. The third-order valence-corrected chi connectivity index (χ3v) is 7.66. The first kappa shape index (κ1) is 18.7. The Morgan fingerprint density at radius 1 is 0.917 bits per heavy atom. The number of aromatic hydroxyl groups is 1. The van der Waals surface area contributed by atoms with E-state index in [0.29, 0.717) is 5.75 Å². The third-order valence-electron chi connectivity index (χ3n) is 4.66. The summed E-state index contributed by atoms with van der Waals surface area (Å²) in [6.45, 7) is 9.80. The number of hydrogen-bond acceptors (Lipinski definition) is 3. The van der Waals surface area contributed by atoms with E-state index in [1.807, 2.05) is 58.1 Å². The van der Waals surface area contributed by atoms with E-state index in [-0.39, 0.29) is 11.2 Å². The second-order valence-corrected chi connectivity index (χ2v) is 11.0. The van der Waals surface area contributed by atoms with Gasteiger partial charge < -0.3 is 9.63 Å². The molecule has 0 saturated heterocycles. The maximum absolute atomic E-state index is 12.7. The lowest BCUT2D eigenvalue weighted by Crippen LogP contribution is -2.22. The summed E-state index contributed by atoms with van der Waals surface area (Å²) in [5.74, 6) is 0.889. The highest BCUT2D eigenvalue weighted by atomic mass is 31.2. The van der Waals surface area contributed by atoms with Gasteiger partial charge in [0.1, 0.15) is 19.3 Å². The molecule has 2 aromatic carbocycles. The Bertz CT molecular complexity index is 744. The van der Waals surface area contributed by atoms with Gasteiger partial charge in [0.25, 0.3) is 0 Å². The summed E-state index contributed by atoms with van der Waals surface area (Å²) in [6, 6.07) is 15.0. The van der Waals surface area contributed by atoms with Gasteiger partial charge in [0.2, 0.25) is 7.37 Å². The highest BCUT2D eigenvalue weighted by Gasteiger charge is 2.34. The zero-order chi connectivity index (χ0) is 18.2. The van der Waals surface area contributed by atoms with Crippen molar-refractivity contribution in [2.75, 3.05) is 6.66 Å². The van der Waals surface area contributed by atoms with Crippen LogP contribution in [0.3, 0.4) is 0 Å². The van der Waals surface area contributed by atoms with Crippen LogP contribution in [0.5, 0.6) is 11.5 Å². The Morgan fingerprint density at radius 3 is 1.75 bits per heavy atom. The van der Waals surface area contributed by atoms with Gasteiger partial charge in [-0.25, -0.2) is 0 Å². The average molecular weight is 344 g/mol. The molecule has 2 aromatic rings. The van der Waals surface area contributed by atoms with Crippen LogP contribution in [0, 0.1) is 0 Å². The molecular formula is C19H26BO3P. The van der Waals surface area contributed by atoms with Gasteiger partial charge in [-0.1, -0.05) is 52.0 Å². The van der Waals surface area contributed by atoms with Crippen molar-refractivity contribution >= 4 is 15.2 Å². The van der Waals surface area contributed by atoms with Crippen LogP contribution in [0.2, 0.25) is 0 Å². The van der Waals surface area contributed by atoms with Gasteiger partial charge in [-0.05, 0) is 35.4 Å². The molecule has 2 rings (SSSR count). The molecule has 0 bridgehead atoms. The summed E-state index contributed by atoms with van der Waals surface area (Å²) < 4.78 is 18.5. The van der Waals surface area contributed by atoms with E-state index in [4.69, 9.17) is 4.52 Å². The molecule has 1 atom stereocenters.